The summed E-state index contributed by atoms with van der Waals surface area (Å²) < 4.78 is 0. The summed E-state index contributed by atoms with van der Waals surface area (Å²) >= 11 is 0. The molecule has 0 aliphatic rings. The molecular formula is C15H22N2O3. The summed E-state index contributed by atoms with van der Waals surface area (Å²) in [6.45, 7) is 1.96. The summed E-state index contributed by atoms with van der Waals surface area (Å²) in [4.78, 5) is 22.6. The van der Waals surface area contributed by atoms with Crippen molar-refractivity contribution in [1.82, 2.24) is 5.32 Å². The van der Waals surface area contributed by atoms with Crippen LogP contribution in [0.5, 0.6) is 0 Å². The molecule has 110 valence electrons. The number of carboxylic acids is 1. The number of nitrogens with one attached hydrogen (secondary N) is 1. The van der Waals surface area contributed by atoms with E-state index in [0.29, 0.717) is 6.42 Å². The Bertz CT molecular complexity index is 434. The number of hydrogen-bond acceptors (Lipinski definition) is 3. The van der Waals surface area contributed by atoms with Gasteiger partial charge in [0.2, 0.25) is 5.91 Å². The van der Waals surface area contributed by atoms with Gasteiger partial charge >= 0.3 is 5.97 Å². The van der Waals surface area contributed by atoms with Crippen LogP contribution in [0.25, 0.3) is 0 Å². The van der Waals surface area contributed by atoms with Crippen LogP contribution in [-0.2, 0) is 9.59 Å². The average molecular weight is 278 g/mol. The summed E-state index contributed by atoms with van der Waals surface area (Å²) in [7, 11) is 0. The number of rotatable bonds is 8. The summed E-state index contributed by atoms with van der Waals surface area (Å²) in [5.41, 5.74) is 6.87. The van der Waals surface area contributed by atoms with E-state index in [1.54, 1.807) is 0 Å². The van der Waals surface area contributed by atoms with E-state index in [9.17, 15) is 9.59 Å². The van der Waals surface area contributed by atoms with Crippen molar-refractivity contribution in [3.63, 3.8) is 0 Å². The molecule has 1 rings (SSSR count). The zero-order chi connectivity index (χ0) is 15.0. The molecule has 20 heavy (non-hydrogen) atoms. The van der Waals surface area contributed by atoms with Crippen LogP contribution in [0.3, 0.4) is 0 Å². The number of carboxylic acid groups (broad SMARTS) is 1. The Morgan fingerprint density at radius 2 is 1.90 bits per heavy atom. The van der Waals surface area contributed by atoms with Crippen molar-refractivity contribution in [3.05, 3.63) is 35.9 Å². The van der Waals surface area contributed by atoms with Gasteiger partial charge in [-0.1, -0.05) is 43.7 Å². The zero-order valence-corrected chi connectivity index (χ0v) is 11.7. The molecule has 0 aromatic heterocycles. The molecule has 0 saturated heterocycles. The third-order valence-electron chi connectivity index (χ3n) is 3.06. The Balaban J connectivity index is 2.50. The standard InChI is InChI=1S/C15H22N2O3/c1-2-6-12(9-15(19)20)17-14(18)10-13(16)11-7-4-3-5-8-11/h3-5,7-8,12-13H,2,6,9-10,16H2,1H3,(H,17,18)(H,19,20). The zero-order valence-electron chi connectivity index (χ0n) is 11.7. The molecule has 2 unspecified atom stereocenters. The quantitative estimate of drug-likeness (QED) is 0.676. The van der Waals surface area contributed by atoms with Crippen molar-refractivity contribution in [2.75, 3.05) is 0 Å². The highest BCUT2D eigenvalue weighted by atomic mass is 16.4. The lowest BCUT2D eigenvalue weighted by Gasteiger charge is -2.18. The van der Waals surface area contributed by atoms with E-state index in [2.05, 4.69) is 5.32 Å². The molecule has 0 aliphatic carbocycles. The molecule has 1 aromatic rings. The highest BCUT2D eigenvalue weighted by molar-refractivity contribution is 5.78. The number of aliphatic carboxylic acids is 1. The number of amides is 1. The molecule has 1 amide bonds. The normalized spacial score (nSPS) is 13.5. The predicted molar refractivity (Wildman–Crippen MR) is 77.1 cm³/mol. The molecule has 4 N–H and O–H groups in total. The molecule has 0 fully saturated rings. The summed E-state index contributed by atoms with van der Waals surface area (Å²) in [6.07, 6.45) is 1.57. The SMILES string of the molecule is CCCC(CC(=O)O)NC(=O)CC(N)c1ccccc1. The highest BCUT2D eigenvalue weighted by Gasteiger charge is 2.17. The van der Waals surface area contributed by atoms with Crippen molar-refractivity contribution in [2.45, 2.75) is 44.7 Å². The van der Waals surface area contributed by atoms with Gasteiger partial charge in [0.15, 0.2) is 0 Å². The lowest BCUT2D eigenvalue weighted by molar-refractivity contribution is -0.137. The molecule has 0 spiro atoms. The van der Waals surface area contributed by atoms with Crippen LogP contribution >= 0.6 is 0 Å². The lowest BCUT2D eigenvalue weighted by Crippen LogP contribution is -2.37. The van der Waals surface area contributed by atoms with Gasteiger partial charge in [-0.25, -0.2) is 0 Å². The smallest absolute Gasteiger partial charge is 0.305 e. The minimum atomic E-state index is -0.906. The number of carbonyl (C=O) groups is 2. The number of nitrogens with two attached hydrogens (primary N) is 1. The number of hydrogen-bond donors (Lipinski definition) is 3. The van der Waals surface area contributed by atoms with Gasteiger partial charge in [0.1, 0.15) is 0 Å². The largest absolute Gasteiger partial charge is 0.481 e. The van der Waals surface area contributed by atoms with Crippen LogP contribution in [-0.4, -0.2) is 23.0 Å². The fourth-order valence-corrected chi connectivity index (χ4v) is 2.09. The summed E-state index contributed by atoms with van der Waals surface area (Å²) in [5.74, 6) is -1.11. The van der Waals surface area contributed by atoms with Gasteiger partial charge in [0.25, 0.3) is 0 Å². The molecule has 0 aliphatic heterocycles. The maximum Gasteiger partial charge on any atom is 0.305 e. The topological polar surface area (TPSA) is 92.4 Å². The molecule has 0 heterocycles. The fourth-order valence-electron chi connectivity index (χ4n) is 2.09. The molecule has 2 atom stereocenters. The van der Waals surface area contributed by atoms with E-state index in [4.69, 9.17) is 10.8 Å². The Morgan fingerprint density at radius 1 is 1.25 bits per heavy atom. The average Bonchev–Trinajstić information content (AvgIpc) is 2.39. The van der Waals surface area contributed by atoms with Gasteiger partial charge in [-0.2, -0.15) is 0 Å². The van der Waals surface area contributed by atoms with Crippen molar-refractivity contribution in [3.8, 4) is 0 Å². The Kier molecular flexibility index (Phi) is 6.73. The Morgan fingerprint density at radius 3 is 2.45 bits per heavy atom. The van der Waals surface area contributed by atoms with Crippen LogP contribution in [0.4, 0.5) is 0 Å². The molecule has 5 heteroatoms. The Hall–Kier alpha value is -1.88. The minimum Gasteiger partial charge on any atom is -0.481 e. The first kappa shape index (κ1) is 16.2. The van der Waals surface area contributed by atoms with E-state index in [0.717, 1.165) is 12.0 Å². The van der Waals surface area contributed by atoms with Crippen LogP contribution in [0, 0.1) is 0 Å². The van der Waals surface area contributed by atoms with Gasteiger partial charge in [0.05, 0.1) is 6.42 Å². The van der Waals surface area contributed by atoms with Crippen molar-refractivity contribution >= 4 is 11.9 Å². The maximum atomic E-state index is 11.9. The number of carbonyl (C=O) groups excluding carboxylic acids is 1. The summed E-state index contributed by atoms with van der Waals surface area (Å²) in [6, 6.07) is 8.68. The molecule has 1 aromatic carbocycles. The number of benzene rings is 1. The van der Waals surface area contributed by atoms with Crippen LogP contribution in [0.2, 0.25) is 0 Å². The molecule has 0 bridgehead atoms. The first-order chi connectivity index (χ1) is 9.52. The van der Waals surface area contributed by atoms with Gasteiger partial charge < -0.3 is 16.2 Å². The van der Waals surface area contributed by atoms with Crippen LogP contribution < -0.4 is 11.1 Å². The third kappa shape index (κ3) is 5.84. The van der Waals surface area contributed by atoms with E-state index in [1.165, 1.54) is 0 Å². The molecular weight excluding hydrogens is 256 g/mol. The highest BCUT2D eigenvalue weighted by Crippen LogP contribution is 2.13. The second-order valence-corrected chi connectivity index (χ2v) is 4.87. The second kappa shape index (κ2) is 8.32. The lowest BCUT2D eigenvalue weighted by atomic mass is 10.0. The third-order valence-corrected chi connectivity index (χ3v) is 3.06. The van der Waals surface area contributed by atoms with E-state index in [-0.39, 0.29) is 30.8 Å². The van der Waals surface area contributed by atoms with E-state index < -0.39 is 5.97 Å². The summed E-state index contributed by atoms with van der Waals surface area (Å²) in [5, 5.41) is 11.6. The van der Waals surface area contributed by atoms with Crippen LogP contribution in [0.15, 0.2) is 30.3 Å². The monoisotopic (exact) mass is 278 g/mol. The van der Waals surface area contributed by atoms with Crippen molar-refractivity contribution in [1.29, 1.82) is 0 Å². The van der Waals surface area contributed by atoms with Gasteiger partial charge in [-0.15, -0.1) is 0 Å². The minimum absolute atomic E-state index is 0.0554. The molecule has 5 nitrogen and oxygen atoms in total. The Labute approximate surface area is 119 Å². The van der Waals surface area contributed by atoms with E-state index in [1.807, 2.05) is 37.3 Å². The van der Waals surface area contributed by atoms with Crippen molar-refractivity contribution < 1.29 is 14.7 Å². The first-order valence-corrected chi connectivity index (χ1v) is 6.84. The van der Waals surface area contributed by atoms with E-state index >= 15 is 0 Å². The maximum absolute atomic E-state index is 11.9. The predicted octanol–water partition coefficient (Wildman–Crippen LogP) is 1.84. The molecule has 0 saturated carbocycles. The first-order valence-electron chi connectivity index (χ1n) is 6.84. The fraction of sp³-hybridized carbons (Fsp3) is 0.467. The van der Waals surface area contributed by atoms with Crippen molar-refractivity contribution in [2.24, 2.45) is 5.73 Å². The molecule has 0 radical (unpaired) electrons. The van der Waals surface area contributed by atoms with Gasteiger partial charge in [-0.05, 0) is 12.0 Å². The van der Waals surface area contributed by atoms with Crippen LogP contribution in [0.1, 0.15) is 44.2 Å². The van der Waals surface area contributed by atoms with Gasteiger partial charge in [0, 0.05) is 18.5 Å². The second-order valence-electron chi connectivity index (χ2n) is 4.87. The van der Waals surface area contributed by atoms with Gasteiger partial charge in [-0.3, -0.25) is 9.59 Å².